The Morgan fingerprint density at radius 3 is 2.64 bits per heavy atom. The summed E-state index contributed by atoms with van der Waals surface area (Å²) in [5.74, 6) is 0.484. The molecule has 0 bridgehead atoms. The van der Waals surface area contributed by atoms with E-state index in [1.165, 1.54) is 4.68 Å². The Hall–Kier alpha value is -2.48. The molecule has 148 valence electrons. The molecule has 28 heavy (non-hydrogen) atoms. The number of amidine groups is 1. The molecule has 8 heteroatoms. The number of fused-ring (bicyclic) bond motifs is 1. The van der Waals surface area contributed by atoms with Gasteiger partial charge in [0, 0.05) is 23.6 Å². The van der Waals surface area contributed by atoms with E-state index in [0.717, 1.165) is 18.5 Å². The molecule has 2 aromatic rings. The molecule has 0 amide bonds. The third-order valence-corrected chi connectivity index (χ3v) is 6.61. The summed E-state index contributed by atoms with van der Waals surface area (Å²) in [5, 5.41) is 4.56. The van der Waals surface area contributed by atoms with E-state index in [1.807, 2.05) is 11.0 Å². The summed E-state index contributed by atoms with van der Waals surface area (Å²) in [7, 11) is -3.66. The van der Waals surface area contributed by atoms with Crippen LogP contribution < -0.4 is 5.56 Å². The van der Waals surface area contributed by atoms with Crippen molar-refractivity contribution in [1.29, 1.82) is 0 Å². The first-order valence-corrected chi connectivity index (χ1v) is 10.9. The summed E-state index contributed by atoms with van der Waals surface area (Å²) in [5.41, 5.74) is 1.18. The van der Waals surface area contributed by atoms with E-state index >= 15 is 0 Å². The largest absolute Gasteiger partial charge is 0.351 e. The molecule has 0 radical (unpaired) electrons. The standard InChI is InChI=1S/C20H24N4O3S/c1-20(2,3)17-10-11-18(25)24(21-17)13-14-7-6-12-23(14)19-15-8-4-5-9-16(15)28(26,27)22-19/h4-5,8-11,14H,6-7,12-13H2,1-3H3. The second kappa shape index (κ2) is 6.55. The summed E-state index contributed by atoms with van der Waals surface area (Å²) in [4.78, 5) is 14.6. The topological polar surface area (TPSA) is 84.6 Å². The SMILES string of the molecule is CC(C)(C)c1ccc(=O)n(CC2CCCN2C2=NS(=O)(=O)c3ccccc32)n1. The highest BCUT2D eigenvalue weighted by atomic mass is 32.2. The highest BCUT2D eigenvalue weighted by Crippen LogP contribution is 2.31. The third kappa shape index (κ3) is 3.26. The minimum atomic E-state index is -3.66. The van der Waals surface area contributed by atoms with Gasteiger partial charge in [0.05, 0.1) is 18.3 Å². The monoisotopic (exact) mass is 400 g/mol. The number of hydrogen-bond donors (Lipinski definition) is 0. The number of aromatic nitrogens is 2. The van der Waals surface area contributed by atoms with Gasteiger partial charge in [0.2, 0.25) is 0 Å². The van der Waals surface area contributed by atoms with Gasteiger partial charge < -0.3 is 4.90 Å². The van der Waals surface area contributed by atoms with Crippen LogP contribution in [-0.4, -0.2) is 41.5 Å². The lowest BCUT2D eigenvalue weighted by atomic mass is 9.92. The van der Waals surface area contributed by atoms with Crippen molar-refractivity contribution in [3.05, 3.63) is 58.0 Å². The molecule has 0 aliphatic carbocycles. The molecule has 1 saturated heterocycles. The molecule has 3 heterocycles. The van der Waals surface area contributed by atoms with Gasteiger partial charge in [-0.3, -0.25) is 4.79 Å². The maximum absolute atomic E-state index is 12.4. The summed E-state index contributed by atoms with van der Waals surface area (Å²) < 4.78 is 30.4. The highest BCUT2D eigenvalue weighted by Gasteiger charge is 2.36. The number of sulfonamides is 1. The third-order valence-electron chi connectivity index (χ3n) is 5.28. The van der Waals surface area contributed by atoms with Crippen LogP contribution in [0.2, 0.25) is 0 Å². The predicted molar refractivity (Wildman–Crippen MR) is 107 cm³/mol. The molecular formula is C20H24N4O3S. The molecule has 7 nitrogen and oxygen atoms in total. The molecular weight excluding hydrogens is 376 g/mol. The van der Waals surface area contributed by atoms with Gasteiger partial charge in [0.1, 0.15) is 4.90 Å². The van der Waals surface area contributed by atoms with Gasteiger partial charge in [-0.1, -0.05) is 32.9 Å². The van der Waals surface area contributed by atoms with Crippen molar-refractivity contribution in [3.63, 3.8) is 0 Å². The van der Waals surface area contributed by atoms with Crippen LogP contribution >= 0.6 is 0 Å². The van der Waals surface area contributed by atoms with E-state index in [1.54, 1.807) is 30.3 Å². The summed E-state index contributed by atoms with van der Waals surface area (Å²) in [6.45, 7) is 7.29. The zero-order chi connectivity index (χ0) is 20.1. The van der Waals surface area contributed by atoms with E-state index in [4.69, 9.17) is 0 Å². The minimum absolute atomic E-state index is 0.0273. The van der Waals surface area contributed by atoms with Crippen molar-refractivity contribution >= 4 is 15.9 Å². The van der Waals surface area contributed by atoms with Crippen molar-refractivity contribution in [3.8, 4) is 0 Å². The Balaban J connectivity index is 1.67. The summed E-state index contributed by atoms with van der Waals surface area (Å²) >= 11 is 0. The van der Waals surface area contributed by atoms with Gasteiger partial charge in [-0.15, -0.1) is 4.40 Å². The average Bonchev–Trinajstić information content (AvgIpc) is 3.18. The molecule has 1 aromatic carbocycles. The van der Waals surface area contributed by atoms with Crippen LogP contribution in [0.5, 0.6) is 0 Å². The lowest BCUT2D eigenvalue weighted by Gasteiger charge is -2.27. The minimum Gasteiger partial charge on any atom is -0.351 e. The van der Waals surface area contributed by atoms with Crippen LogP contribution in [0.1, 0.15) is 44.9 Å². The quantitative estimate of drug-likeness (QED) is 0.771. The second-order valence-corrected chi connectivity index (χ2v) is 9.94. The molecule has 1 atom stereocenters. The summed E-state index contributed by atoms with van der Waals surface area (Å²) in [6, 6.07) is 10.2. The molecule has 1 aromatic heterocycles. The van der Waals surface area contributed by atoms with E-state index < -0.39 is 10.0 Å². The molecule has 2 aliphatic heterocycles. The Labute approximate surface area is 164 Å². The fourth-order valence-corrected chi connectivity index (χ4v) is 5.00. The first kappa shape index (κ1) is 18.9. The van der Waals surface area contributed by atoms with E-state index in [-0.39, 0.29) is 21.9 Å². The van der Waals surface area contributed by atoms with Crippen molar-refractivity contribution in [1.82, 2.24) is 14.7 Å². The molecule has 1 fully saturated rings. The van der Waals surface area contributed by atoms with Gasteiger partial charge in [-0.25, -0.2) is 4.68 Å². The number of nitrogens with zero attached hydrogens (tertiary/aromatic N) is 4. The molecule has 0 spiro atoms. The fraction of sp³-hybridized carbons (Fsp3) is 0.450. The Morgan fingerprint density at radius 1 is 1.14 bits per heavy atom. The van der Waals surface area contributed by atoms with Crippen LogP contribution in [0.25, 0.3) is 0 Å². The number of benzene rings is 1. The predicted octanol–water partition coefficient (Wildman–Crippen LogP) is 2.15. The highest BCUT2D eigenvalue weighted by molar-refractivity contribution is 7.90. The maximum atomic E-state index is 12.4. The lowest BCUT2D eigenvalue weighted by molar-refractivity contribution is 0.327. The Kier molecular flexibility index (Phi) is 4.41. The summed E-state index contributed by atoms with van der Waals surface area (Å²) in [6.07, 6.45) is 1.77. The van der Waals surface area contributed by atoms with E-state index in [2.05, 4.69) is 30.3 Å². The van der Waals surface area contributed by atoms with Gasteiger partial charge in [0.25, 0.3) is 15.6 Å². The molecule has 4 rings (SSSR count). The van der Waals surface area contributed by atoms with Crippen molar-refractivity contribution < 1.29 is 8.42 Å². The Morgan fingerprint density at radius 2 is 1.89 bits per heavy atom. The lowest BCUT2D eigenvalue weighted by Crippen LogP contribution is -2.41. The van der Waals surface area contributed by atoms with Crippen LogP contribution in [0.4, 0.5) is 0 Å². The van der Waals surface area contributed by atoms with Crippen molar-refractivity contribution in [2.45, 2.75) is 56.5 Å². The van der Waals surface area contributed by atoms with Gasteiger partial charge in [-0.05, 0) is 31.0 Å². The van der Waals surface area contributed by atoms with Crippen LogP contribution in [-0.2, 0) is 22.0 Å². The van der Waals surface area contributed by atoms with Crippen LogP contribution in [0.15, 0.2) is 50.5 Å². The number of likely N-dealkylation sites (tertiary alicyclic amines) is 1. The maximum Gasteiger partial charge on any atom is 0.285 e. The molecule has 2 aliphatic rings. The first-order chi connectivity index (χ1) is 13.2. The Bertz CT molecular complexity index is 1110. The first-order valence-electron chi connectivity index (χ1n) is 9.46. The molecule has 0 saturated carbocycles. The van der Waals surface area contributed by atoms with Crippen LogP contribution in [0.3, 0.4) is 0 Å². The zero-order valence-electron chi connectivity index (χ0n) is 16.3. The zero-order valence-corrected chi connectivity index (χ0v) is 17.1. The normalized spacial score (nSPS) is 20.9. The average molecular weight is 401 g/mol. The van der Waals surface area contributed by atoms with Crippen molar-refractivity contribution in [2.75, 3.05) is 6.54 Å². The molecule has 0 N–H and O–H groups in total. The van der Waals surface area contributed by atoms with E-state index in [0.29, 0.717) is 24.5 Å². The fourth-order valence-electron chi connectivity index (χ4n) is 3.78. The van der Waals surface area contributed by atoms with Gasteiger partial charge >= 0.3 is 0 Å². The number of hydrogen-bond acceptors (Lipinski definition) is 5. The van der Waals surface area contributed by atoms with Crippen molar-refractivity contribution in [2.24, 2.45) is 4.40 Å². The number of rotatable bonds is 2. The second-order valence-electron chi connectivity index (χ2n) is 8.36. The van der Waals surface area contributed by atoms with Gasteiger partial charge in [0.15, 0.2) is 5.84 Å². The smallest absolute Gasteiger partial charge is 0.285 e. The van der Waals surface area contributed by atoms with Gasteiger partial charge in [-0.2, -0.15) is 13.5 Å². The molecule has 1 unspecified atom stereocenters. The van der Waals surface area contributed by atoms with E-state index in [9.17, 15) is 13.2 Å². The van der Waals surface area contributed by atoms with Crippen LogP contribution in [0, 0.1) is 0 Å².